The molecule has 0 unspecified atom stereocenters. The van der Waals surface area contributed by atoms with Gasteiger partial charge >= 0.3 is 0 Å². The summed E-state index contributed by atoms with van der Waals surface area (Å²) in [5, 5.41) is 17.9. The number of carbonyl (C=O) groups is 1. The van der Waals surface area contributed by atoms with E-state index >= 15 is 0 Å². The Morgan fingerprint density at radius 1 is 1.36 bits per heavy atom. The number of carbonyl (C=O) groups excluding carboxylic acids is 1. The molecule has 0 saturated carbocycles. The van der Waals surface area contributed by atoms with Crippen molar-refractivity contribution in [1.82, 2.24) is 24.8 Å². The molecular formula is C24H37N5O4. The van der Waals surface area contributed by atoms with Crippen molar-refractivity contribution in [1.29, 1.82) is 0 Å². The highest BCUT2D eigenvalue weighted by molar-refractivity contribution is 5.76. The van der Waals surface area contributed by atoms with E-state index in [1.807, 2.05) is 29.8 Å². The van der Waals surface area contributed by atoms with Crippen molar-refractivity contribution in [2.75, 3.05) is 33.9 Å². The van der Waals surface area contributed by atoms with E-state index in [9.17, 15) is 9.90 Å². The number of aliphatic hydroxyl groups is 1. The molecule has 0 saturated heterocycles. The van der Waals surface area contributed by atoms with E-state index in [1.54, 1.807) is 18.2 Å². The predicted molar refractivity (Wildman–Crippen MR) is 125 cm³/mol. The van der Waals surface area contributed by atoms with Gasteiger partial charge in [-0.2, -0.15) is 0 Å². The van der Waals surface area contributed by atoms with Crippen LogP contribution in [0.25, 0.3) is 0 Å². The molecule has 1 aromatic heterocycles. The third-order valence-corrected chi connectivity index (χ3v) is 6.26. The minimum atomic E-state index is -0.239. The van der Waals surface area contributed by atoms with Gasteiger partial charge in [0.05, 0.1) is 44.4 Å². The third kappa shape index (κ3) is 6.75. The second-order valence-electron chi connectivity index (χ2n) is 8.97. The van der Waals surface area contributed by atoms with Crippen LogP contribution in [0.15, 0.2) is 30.5 Å². The standard InChI is InChI=1S/C24H37N5O4/c1-18-13-28(19(2)16-30)24(31)10-7-11-29-21(12-25-26-29)17-33-23(18)15-27(3)14-20-8-5-6-9-22(20)32-4/h5-6,8-9,12,18-19,23,30H,7,10-11,13-17H2,1-4H3/t18-,19-,23+/m1/s1. The normalized spacial score (nSPS) is 21.3. The molecule has 2 aromatic rings. The first-order valence-corrected chi connectivity index (χ1v) is 11.6. The summed E-state index contributed by atoms with van der Waals surface area (Å²) in [5.74, 6) is 0.971. The molecule has 3 atom stereocenters. The number of aliphatic hydroxyl groups excluding tert-OH is 1. The van der Waals surface area contributed by atoms with E-state index in [4.69, 9.17) is 9.47 Å². The molecule has 33 heavy (non-hydrogen) atoms. The average molecular weight is 460 g/mol. The quantitative estimate of drug-likeness (QED) is 0.676. The fraction of sp³-hybridized carbons (Fsp3) is 0.625. The molecule has 1 aromatic carbocycles. The van der Waals surface area contributed by atoms with E-state index in [0.717, 1.165) is 17.0 Å². The second kappa shape index (κ2) is 12.1. The van der Waals surface area contributed by atoms with E-state index in [-0.39, 0.29) is 30.6 Å². The smallest absolute Gasteiger partial charge is 0.222 e. The number of benzene rings is 1. The number of para-hydroxylation sites is 1. The number of amides is 1. The van der Waals surface area contributed by atoms with Crippen molar-refractivity contribution in [3.63, 3.8) is 0 Å². The molecular weight excluding hydrogens is 422 g/mol. The number of hydrogen-bond donors (Lipinski definition) is 1. The van der Waals surface area contributed by atoms with Crippen LogP contribution in [0, 0.1) is 5.92 Å². The molecule has 9 nitrogen and oxygen atoms in total. The summed E-state index contributed by atoms with van der Waals surface area (Å²) in [6.07, 6.45) is 2.68. The van der Waals surface area contributed by atoms with Crippen LogP contribution in [-0.2, 0) is 29.2 Å². The molecule has 0 aliphatic carbocycles. The van der Waals surface area contributed by atoms with Gasteiger partial charge in [0.1, 0.15) is 5.75 Å². The highest BCUT2D eigenvalue weighted by Crippen LogP contribution is 2.21. The van der Waals surface area contributed by atoms with Crippen molar-refractivity contribution in [3.8, 4) is 5.75 Å². The molecule has 182 valence electrons. The van der Waals surface area contributed by atoms with Gasteiger partial charge in [-0.05, 0) is 26.5 Å². The molecule has 3 rings (SSSR count). The highest BCUT2D eigenvalue weighted by Gasteiger charge is 2.28. The van der Waals surface area contributed by atoms with Crippen molar-refractivity contribution in [3.05, 3.63) is 41.7 Å². The van der Waals surface area contributed by atoms with Crippen molar-refractivity contribution in [2.45, 2.75) is 58.5 Å². The van der Waals surface area contributed by atoms with Crippen molar-refractivity contribution in [2.24, 2.45) is 5.92 Å². The zero-order valence-electron chi connectivity index (χ0n) is 20.2. The number of nitrogens with zero attached hydrogens (tertiary/aromatic N) is 5. The predicted octanol–water partition coefficient (Wildman–Crippen LogP) is 1.94. The van der Waals surface area contributed by atoms with Crippen LogP contribution in [0.1, 0.15) is 37.9 Å². The van der Waals surface area contributed by atoms with Gasteiger partial charge < -0.3 is 19.5 Å². The number of ether oxygens (including phenoxy) is 2. The molecule has 1 amide bonds. The minimum absolute atomic E-state index is 0.0479. The zero-order chi connectivity index (χ0) is 23.8. The Morgan fingerprint density at radius 2 is 2.15 bits per heavy atom. The van der Waals surface area contributed by atoms with Gasteiger partial charge in [0, 0.05) is 44.1 Å². The first-order chi connectivity index (χ1) is 15.9. The number of hydrogen-bond acceptors (Lipinski definition) is 7. The lowest BCUT2D eigenvalue weighted by atomic mass is 10.0. The second-order valence-corrected chi connectivity index (χ2v) is 8.97. The van der Waals surface area contributed by atoms with Crippen LogP contribution in [0.5, 0.6) is 5.75 Å². The summed E-state index contributed by atoms with van der Waals surface area (Å²) < 4.78 is 13.7. The van der Waals surface area contributed by atoms with E-state index in [2.05, 4.69) is 35.2 Å². The van der Waals surface area contributed by atoms with Crippen LogP contribution in [0.3, 0.4) is 0 Å². The molecule has 0 bridgehead atoms. The molecule has 9 heteroatoms. The van der Waals surface area contributed by atoms with Crippen molar-refractivity contribution >= 4 is 5.91 Å². The molecule has 1 aliphatic rings. The first kappa shape index (κ1) is 25.1. The Hall–Kier alpha value is -2.49. The minimum Gasteiger partial charge on any atom is -0.496 e. The van der Waals surface area contributed by atoms with Crippen LogP contribution in [0.4, 0.5) is 0 Å². The molecule has 2 heterocycles. The Balaban J connectivity index is 1.78. The maximum absolute atomic E-state index is 13.0. The lowest BCUT2D eigenvalue weighted by Crippen LogP contribution is -2.47. The van der Waals surface area contributed by atoms with Crippen molar-refractivity contribution < 1.29 is 19.4 Å². The Kier molecular flexibility index (Phi) is 9.22. The number of rotatable bonds is 7. The van der Waals surface area contributed by atoms with Gasteiger partial charge in [-0.15, -0.1) is 5.10 Å². The van der Waals surface area contributed by atoms with Gasteiger partial charge in [0.2, 0.25) is 5.91 Å². The van der Waals surface area contributed by atoms with Crippen LogP contribution < -0.4 is 4.74 Å². The van der Waals surface area contributed by atoms with Crippen LogP contribution in [-0.4, -0.2) is 81.8 Å². The summed E-state index contributed by atoms with van der Waals surface area (Å²) >= 11 is 0. The summed E-state index contributed by atoms with van der Waals surface area (Å²) in [4.78, 5) is 17.0. The van der Waals surface area contributed by atoms with E-state index < -0.39 is 0 Å². The first-order valence-electron chi connectivity index (χ1n) is 11.6. The van der Waals surface area contributed by atoms with Gasteiger partial charge in [-0.25, -0.2) is 4.68 Å². The lowest BCUT2D eigenvalue weighted by Gasteiger charge is -2.35. The number of methoxy groups -OCH3 is 1. The maximum Gasteiger partial charge on any atom is 0.222 e. The number of aryl methyl sites for hydroxylation is 1. The summed E-state index contributed by atoms with van der Waals surface area (Å²) in [7, 11) is 3.74. The van der Waals surface area contributed by atoms with Crippen LogP contribution >= 0.6 is 0 Å². The average Bonchev–Trinajstić information content (AvgIpc) is 3.26. The van der Waals surface area contributed by atoms with E-state index in [1.165, 1.54) is 0 Å². The topological polar surface area (TPSA) is 93.0 Å². The Labute approximate surface area is 196 Å². The molecule has 1 aliphatic heterocycles. The molecule has 1 N–H and O–H groups in total. The largest absolute Gasteiger partial charge is 0.496 e. The zero-order valence-corrected chi connectivity index (χ0v) is 20.2. The maximum atomic E-state index is 13.0. The highest BCUT2D eigenvalue weighted by atomic mass is 16.5. The fourth-order valence-electron chi connectivity index (χ4n) is 4.24. The summed E-state index contributed by atoms with van der Waals surface area (Å²) in [5.41, 5.74) is 2.02. The SMILES string of the molecule is COc1ccccc1CN(C)C[C@@H]1OCc2cnnn2CCCC(=O)N([C@H](C)CO)C[C@H]1C. The molecule has 0 spiro atoms. The lowest BCUT2D eigenvalue weighted by molar-refractivity contribution is -0.136. The number of likely N-dealkylation sites (N-methyl/N-ethyl adjacent to an activating group) is 1. The fourth-order valence-corrected chi connectivity index (χ4v) is 4.24. The van der Waals surface area contributed by atoms with Gasteiger partial charge in [0.15, 0.2) is 0 Å². The Morgan fingerprint density at radius 3 is 2.91 bits per heavy atom. The van der Waals surface area contributed by atoms with Crippen LogP contribution in [0.2, 0.25) is 0 Å². The third-order valence-electron chi connectivity index (χ3n) is 6.26. The molecule has 0 fully saturated rings. The van der Waals surface area contributed by atoms with Gasteiger partial charge in [-0.1, -0.05) is 30.3 Å². The molecule has 0 radical (unpaired) electrons. The number of fused-ring (bicyclic) bond motifs is 1. The monoisotopic (exact) mass is 459 g/mol. The number of aromatic nitrogens is 3. The van der Waals surface area contributed by atoms with Gasteiger partial charge in [0.25, 0.3) is 0 Å². The summed E-state index contributed by atoms with van der Waals surface area (Å²) in [6.45, 7) is 6.87. The summed E-state index contributed by atoms with van der Waals surface area (Å²) in [6, 6.07) is 7.76. The van der Waals surface area contributed by atoms with E-state index in [0.29, 0.717) is 45.6 Å². The van der Waals surface area contributed by atoms with Gasteiger partial charge in [-0.3, -0.25) is 9.69 Å². The Bertz CT molecular complexity index is 889.